The number of rotatable bonds is 2. The lowest BCUT2D eigenvalue weighted by Crippen LogP contribution is -2.29. The average molecular weight is 265 g/mol. The Morgan fingerprint density at radius 2 is 2.33 bits per heavy atom. The van der Waals surface area contributed by atoms with Gasteiger partial charge in [0.05, 0.1) is 11.0 Å². The lowest BCUT2D eigenvalue weighted by atomic mass is 10.2. The molecular weight excluding hydrogens is 248 g/mol. The van der Waals surface area contributed by atoms with E-state index in [4.69, 9.17) is 17.3 Å². The van der Waals surface area contributed by atoms with Crippen molar-refractivity contribution in [2.45, 2.75) is 25.4 Å². The summed E-state index contributed by atoms with van der Waals surface area (Å²) in [5.41, 5.74) is 7.96. The first-order valence-corrected chi connectivity index (χ1v) is 6.64. The molecule has 1 aliphatic heterocycles. The number of hydrogen-bond acceptors (Lipinski definition) is 3. The Hall–Kier alpha value is -1.26. The van der Waals surface area contributed by atoms with Gasteiger partial charge in [0.2, 0.25) is 5.95 Å². The Bertz CT molecular complexity index is 578. The first-order valence-electron chi connectivity index (χ1n) is 6.26. The van der Waals surface area contributed by atoms with Gasteiger partial charge in [0.1, 0.15) is 0 Å². The molecule has 2 N–H and O–H groups in total. The van der Waals surface area contributed by atoms with Gasteiger partial charge in [0, 0.05) is 17.6 Å². The fourth-order valence-electron chi connectivity index (χ4n) is 2.73. The predicted molar refractivity (Wildman–Crippen MR) is 74.8 cm³/mol. The topological polar surface area (TPSA) is 47.1 Å². The first-order chi connectivity index (χ1) is 8.65. The molecule has 1 aliphatic rings. The van der Waals surface area contributed by atoms with Crippen molar-refractivity contribution in [1.29, 1.82) is 0 Å². The second kappa shape index (κ2) is 4.44. The molecule has 1 atom stereocenters. The van der Waals surface area contributed by atoms with Crippen LogP contribution in [0.25, 0.3) is 11.0 Å². The summed E-state index contributed by atoms with van der Waals surface area (Å²) < 4.78 is 2.08. The third-order valence-corrected chi connectivity index (χ3v) is 4.04. The third-order valence-electron chi connectivity index (χ3n) is 3.80. The van der Waals surface area contributed by atoms with E-state index >= 15 is 0 Å². The number of nitrogen functional groups attached to an aromatic ring is 1. The van der Waals surface area contributed by atoms with Crippen molar-refractivity contribution >= 4 is 28.6 Å². The molecule has 5 heteroatoms. The van der Waals surface area contributed by atoms with E-state index in [0.717, 1.165) is 29.1 Å². The minimum atomic E-state index is 0.545. The molecule has 1 fully saturated rings. The van der Waals surface area contributed by atoms with Crippen LogP contribution in [0.3, 0.4) is 0 Å². The highest BCUT2D eigenvalue weighted by atomic mass is 35.5. The van der Waals surface area contributed by atoms with Gasteiger partial charge in [-0.1, -0.05) is 11.6 Å². The highest BCUT2D eigenvalue weighted by molar-refractivity contribution is 6.31. The summed E-state index contributed by atoms with van der Waals surface area (Å²) in [4.78, 5) is 6.77. The number of nitrogens with zero attached hydrogens (tertiary/aromatic N) is 3. The zero-order valence-electron chi connectivity index (χ0n) is 10.4. The lowest BCUT2D eigenvalue weighted by Gasteiger charge is -2.20. The summed E-state index contributed by atoms with van der Waals surface area (Å²) in [6, 6.07) is 6.25. The van der Waals surface area contributed by atoms with E-state index in [0.29, 0.717) is 12.0 Å². The maximum atomic E-state index is 6.05. The Morgan fingerprint density at radius 3 is 3.06 bits per heavy atom. The van der Waals surface area contributed by atoms with Crippen LogP contribution in [0.1, 0.15) is 12.8 Å². The van der Waals surface area contributed by atoms with Crippen molar-refractivity contribution in [3.63, 3.8) is 0 Å². The van der Waals surface area contributed by atoms with E-state index in [1.54, 1.807) is 0 Å². The van der Waals surface area contributed by atoms with Crippen molar-refractivity contribution < 1.29 is 0 Å². The van der Waals surface area contributed by atoms with E-state index in [9.17, 15) is 0 Å². The van der Waals surface area contributed by atoms with Crippen LogP contribution in [0.5, 0.6) is 0 Å². The second-order valence-corrected chi connectivity index (χ2v) is 5.43. The van der Waals surface area contributed by atoms with E-state index < -0.39 is 0 Å². The normalized spacial score (nSPS) is 20.9. The van der Waals surface area contributed by atoms with Crippen molar-refractivity contribution in [3.05, 3.63) is 23.2 Å². The standard InChI is InChI=1S/C13H17ClN4/c1-17-6-2-3-10(17)8-18-12-7-9(14)4-5-11(12)16-13(18)15/h4-5,7,10H,2-3,6,8H2,1H3,(H2,15,16). The maximum Gasteiger partial charge on any atom is 0.201 e. The van der Waals surface area contributed by atoms with Gasteiger partial charge in [-0.25, -0.2) is 4.98 Å². The summed E-state index contributed by atoms with van der Waals surface area (Å²) in [5, 5.41) is 0.725. The second-order valence-electron chi connectivity index (χ2n) is 4.99. The van der Waals surface area contributed by atoms with Crippen LogP contribution >= 0.6 is 11.6 Å². The van der Waals surface area contributed by atoms with Gasteiger partial charge < -0.3 is 15.2 Å². The SMILES string of the molecule is CN1CCCC1Cn1c(N)nc2ccc(Cl)cc21. The average Bonchev–Trinajstić information content (AvgIpc) is 2.86. The van der Waals surface area contributed by atoms with Gasteiger partial charge in [0.15, 0.2) is 0 Å². The minimum Gasteiger partial charge on any atom is -0.369 e. The molecule has 0 aliphatic carbocycles. The molecule has 18 heavy (non-hydrogen) atoms. The number of imidazole rings is 1. The fourth-order valence-corrected chi connectivity index (χ4v) is 2.89. The molecule has 4 nitrogen and oxygen atoms in total. The van der Waals surface area contributed by atoms with Crippen LogP contribution in [-0.4, -0.2) is 34.1 Å². The number of hydrogen-bond donors (Lipinski definition) is 1. The van der Waals surface area contributed by atoms with E-state index in [1.807, 2.05) is 18.2 Å². The van der Waals surface area contributed by atoms with Crippen LogP contribution in [0.15, 0.2) is 18.2 Å². The highest BCUT2D eigenvalue weighted by Gasteiger charge is 2.22. The van der Waals surface area contributed by atoms with E-state index in [-0.39, 0.29) is 0 Å². The maximum absolute atomic E-state index is 6.05. The Balaban J connectivity index is 1.99. The van der Waals surface area contributed by atoms with Crippen molar-refractivity contribution in [3.8, 4) is 0 Å². The van der Waals surface area contributed by atoms with Crippen LogP contribution < -0.4 is 5.73 Å². The molecule has 0 bridgehead atoms. The summed E-state index contributed by atoms with van der Waals surface area (Å²) in [5.74, 6) is 0.576. The fraction of sp³-hybridized carbons (Fsp3) is 0.462. The predicted octanol–water partition coefficient (Wildman–Crippen LogP) is 2.37. The summed E-state index contributed by atoms with van der Waals surface area (Å²) >= 11 is 6.05. The van der Waals surface area contributed by atoms with E-state index in [2.05, 4.69) is 21.5 Å². The smallest absolute Gasteiger partial charge is 0.201 e. The van der Waals surface area contributed by atoms with Gasteiger partial charge in [0.25, 0.3) is 0 Å². The van der Waals surface area contributed by atoms with Crippen molar-refractivity contribution in [2.24, 2.45) is 0 Å². The number of nitrogens with two attached hydrogens (primary N) is 1. The molecule has 2 heterocycles. The van der Waals surface area contributed by atoms with Crippen LogP contribution in [0.2, 0.25) is 5.02 Å². The molecule has 3 rings (SSSR count). The van der Waals surface area contributed by atoms with E-state index in [1.165, 1.54) is 12.8 Å². The Kier molecular flexibility index (Phi) is 2.92. The largest absolute Gasteiger partial charge is 0.369 e. The van der Waals surface area contributed by atoms with Gasteiger partial charge >= 0.3 is 0 Å². The Labute approximate surface area is 111 Å². The van der Waals surface area contributed by atoms with Crippen LogP contribution in [0, 0.1) is 0 Å². The molecule has 1 aromatic heterocycles. The highest BCUT2D eigenvalue weighted by Crippen LogP contribution is 2.24. The Morgan fingerprint density at radius 1 is 1.50 bits per heavy atom. The molecule has 1 unspecified atom stereocenters. The molecule has 96 valence electrons. The molecule has 2 aromatic rings. The number of halogens is 1. The van der Waals surface area contributed by atoms with Gasteiger partial charge in [-0.3, -0.25) is 0 Å². The molecule has 0 saturated carbocycles. The van der Waals surface area contributed by atoms with Crippen LogP contribution in [0.4, 0.5) is 5.95 Å². The zero-order valence-corrected chi connectivity index (χ0v) is 11.2. The number of anilines is 1. The molecule has 0 amide bonds. The first kappa shape index (κ1) is 11.8. The quantitative estimate of drug-likeness (QED) is 0.906. The summed E-state index contributed by atoms with van der Waals surface area (Å²) in [6.07, 6.45) is 2.48. The molecule has 0 spiro atoms. The number of aromatic nitrogens is 2. The van der Waals surface area contributed by atoms with Gasteiger partial charge in [-0.05, 0) is 44.6 Å². The summed E-state index contributed by atoms with van der Waals surface area (Å²) in [7, 11) is 2.17. The summed E-state index contributed by atoms with van der Waals surface area (Å²) in [6.45, 7) is 2.05. The molecular formula is C13H17ClN4. The van der Waals surface area contributed by atoms with Crippen molar-refractivity contribution in [2.75, 3.05) is 19.3 Å². The monoisotopic (exact) mass is 264 g/mol. The van der Waals surface area contributed by atoms with Gasteiger partial charge in [-0.2, -0.15) is 0 Å². The number of fused-ring (bicyclic) bond motifs is 1. The minimum absolute atomic E-state index is 0.545. The van der Waals surface area contributed by atoms with Gasteiger partial charge in [-0.15, -0.1) is 0 Å². The number of benzene rings is 1. The molecule has 1 saturated heterocycles. The third kappa shape index (κ3) is 1.95. The zero-order chi connectivity index (χ0) is 12.7. The number of likely N-dealkylation sites (N-methyl/N-ethyl adjacent to an activating group) is 1. The lowest BCUT2D eigenvalue weighted by molar-refractivity contribution is 0.285. The molecule has 1 aromatic carbocycles. The van der Waals surface area contributed by atoms with Crippen molar-refractivity contribution in [1.82, 2.24) is 14.5 Å². The molecule has 0 radical (unpaired) electrons. The van der Waals surface area contributed by atoms with Crippen LogP contribution in [-0.2, 0) is 6.54 Å². The number of likely N-dealkylation sites (tertiary alicyclic amines) is 1.